The number of carbonyl (C=O) groups excluding carboxylic acids is 1. The number of aromatic nitrogens is 3. The number of nitrogens with zero attached hydrogens (tertiary/aromatic N) is 4. The highest BCUT2D eigenvalue weighted by Gasteiger charge is 2.26. The number of H-pyrrole nitrogens is 1. The van der Waals surface area contributed by atoms with E-state index in [1.54, 1.807) is 6.07 Å². The van der Waals surface area contributed by atoms with Crippen LogP contribution in [0.2, 0.25) is 0 Å². The number of hydrogen-bond acceptors (Lipinski definition) is 6. The van der Waals surface area contributed by atoms with Gasteiger partial charge in [-0.1, -0.05) is 78.0 Å². The van der Waals surface area contributed by atoms with E-state index in [9.17, 15) is 4.79 Å². The molecule has 36 heavy (non-hydrogen) atoms. The predicted molar refractivity (Wildman–Crippen MR) is 139 cm³/mol. The van der Waals surface area contributed by atoms with E-state index in [-0.39, 0.29) is 11.9 Å². The summed E-state index contributed by atoms with van der Waals surface area (Å²) in [5.74, 6) is 0.740. The summed E-state index contributed by atoms with van der Waals surface area (Å²) >= 11 is 0. The highest BCUT2D eigenvalue weighted by Crippen LogP contribution is 2.29. The maximum absolute atomic E-state index is 12.6. The molecule has 0 radical (unpaired) electrons. The molecule has 5 rings (SSSR count). The van der Waals surface area contributed by atoms with Crippen molar-refractivity contribution in [2.75, 3.05) is 44.6 Å². The van der Waals surface area contributed by atoms with Crippen molar-refractivity contribution < 1.29 is 9.53 Å². The monoisotopic (exact) mass is 482 g/mol. The van der Waals surface area contributed by atoms with Crippen LogP contribution in [0.3, 0.4) is 0 Å². The zero-order valence-corrected chi connectivity index (χ0v) is 20.1. The van der Waals surface area contributed by atoms with Crippen molar-refractivity contribution in [3.63, 3.8) is 0 Å². The van der Waals surface area contributed by atoms with E-state index < -0.39 is 0 Å². The van der Waals surface area contributed by atoms with Crippen LogP contribution >= 0.6 is 0 Å². The summed E-state index contributed by atoms with van der Waals surface area (Å²) in [7, 11) is 0. The lowest BCUT2D eigenvalue weighted by Gasteiger charge is -2.39. The molecule has 8 nitrogen and oxygen atoms in total. The van der Waals surface area contributed by atoms with Gasteiger partial charge in [0.25, 0.3) is 5.91 Å². The minimum Gasteiger partial charge on any atom is -0.491 e. The van der Waals surface area contributed by atoms with Gasteiger partial charge >= 0.3 is 0 Å². The van der Waals surface area contributed by atoms with E-state index >= 15 is 0 Å². The number of anilines is 1. The van der Waals surface area contributed by atoms with Crippen LogP contribution in [-0.4, -0.2) is 70.4 Å². The zero-order chi connectivity index (χ0) is 24.6. The maximum Gasteiger partial charge on any atom is 0.260 e. The lowest BCUT2D eigenvalue weighted by Crippen LogP contribution is -2.48. The fourth-order valence-corrected chi connectivity index (χ4v) is 4.64. The number of benzene rings is 3. The average molecular weight is 483 g/mol. The lowest BCUT2D eigenvalue weighted by atomic mass is 9.96. The normalized spacial score (nSPS) is 14.6. The van der Waals surface area contributed by atoms with E-state index in [4.69, 9.17) is 4.74 Å². The summed E-state index contributed by atoms with van der Waals surface area (Å²) < 4.78 is 6.04. The summed E-state index contributed by atoms with van der Waals surface area (Å²) in [4.78, 5) is 17.6. The fraction of sp³-hybridized carbons (Fsp3) is 0.250. The third-order valence-electron chi connectivity index (χ3n) is 6.46. The third-order valence-corrected chi connectivity index (χ3v) is 6.46. The number of ether oxygens (including phenoxy) is 1. The van der Waals surface area contributed by atoms with Crippen LogP contribution < -0.4 is 10.1 Å². The van der Waals surface area contributed by atoms with E-state index in [2.05, 4.69) is 91.2 Å². The highest BCUT2D eigenvalue weighted by molar-refractivity contribution is 6.05. The Labute approximate surface area is 210 Å². The Morgan fingerprint density at radius 1 is 0.889 bits per heavy atom. The number of hydrogen-bond donors (Lipinski definition) is 2. The molecule has 2 N–H and O–H groups in total. The number of piperazine rings is 1. The minimum absolute atomic E-state index is 0.251. The first-order valence-corrected chi connectivity index (χ1v) is 12.2. The van der Waals surface area contributed by atoms with Crippen LogP contribution in [0.1, 0.15) is 27.5 Å². The highest BCUT2D eigenvalue weighted by atomic mass is 16.5. The maximum atomic E-state index is 12.6. The van der Waals surface area contributed by atoms with Crippen LogP contribution in [0.4, 0.5) is 5.82 Å². The quantitative estimate of drug-likeness (QED) is 0.377. The number of amides is 1. The molecule has 0 unspecified atom stereocenters. The third kappa shape index (κ3) is 5.79. The van der Waals surface area contributed by atoms with Crippen molar-refractivity contribution in [2.24, 2.45) is 0 Å². The topological polar surface area (TPSA) is 86.4 Å². The first-order chi connectivity index (χ1) is 17.8. The number of carbonyl (C=O) groups is 1. The van der Waals surface area contributed by atoms with Crippen LogP contribution in [-0.2, 0) is 0 Å². The Bertz CT molecular complexity index is 1190. The van der Waals surface area contributed by atoms with Crippen LogP contribution in [0, 0.1) is 0 Å². The molecule has 0 spiro atoms. The molecule has 0 saturated carbocycles. The molecule has 1 saturated heterocycles. The Hall–Kier alpha value is -4.01. The molecule has 184 valence electrons. The summed E-state index contributed by atoms with van der Waals surface area (Å²) in [6, 6.07) is 29.0. The molecule has 1 aliphatic rings. The van der Waals surface area contributed by atoms with Crippen molar-refractivity contribution in [1.82, 2.24) is 25.2 Å². The van der Waals surface area contributed by atoms with Crippen molar-refractivity contribution in [3.05, 3.63) is 108 Å². The van der Waals surface area contributed by atoms with Gasteiger partial charge < -0.3 is 10.1 Å². The van der Waals surface area contributed by atoms with E-state index in [1.165, 1.54) is 17.3 Å². The van der Waals surface area contributed by atoms with Crippen LogP contribution in [0.25, 0.3) is 0 Å². The van der Waals surface area contributed by atoms with Crippen molar-refractivity contribution in [2.45, 2.75) is 6.04 Å². The predicted octanol–water partition coefficient (Wildman–Crippen LogP) is 3.84. The Kier molecular flexibility index (Phi) is 7.65. The molecule has 0 atom stereocenters. The van der Waals surface area contributed by atoms with Gasteiger partial charge in [0.1, 0.15) is 18.2 Å². The number of aromatic amines is 1. The molecular formula is C28H30N6O2. The van der Waals surface area contributed by atoms with Gasteiger partial charge in [0.15, 0.2) is 0 Å². The van der Waals surface area contributed by atoms with E-state index in [1.807, 2.05) is 18.2 Å². The smallest absolute Gasteiger partial charge is 0.260 e. The Balaban J connectivity index is 1.16. The molecule has 1 aliphatic heterocycles. The van der Waals surface area contributed by atoms with Gasteiger partial charge in [0, 0.05) is 32.7 Å². The molecule has 1 fully saturated rings. The average Bonchev–Trinajstić information content (AvgIpc) is 3.44. The first-order valence-electron chi connectivity index (χ1n) is 12.2. The summed E-state index contributed by atoms with van der Waals surface area (Å²) in [6.45, 7) is 5.20. The van der Waals surface area contributed by atoms with E-state index in [0.29, 0.717) is 23.7 Å². The molecule has 4 aromatic rings. The molecule has 2 heterocycles. The standard InChI is InChI=1S/C28H30N6O2/c35-28(30-26-21-29-32-31-26)24-13-7-8-14-25(24)36-20-19-33-15-17-34(18-16-33)27(22-9-3-1-4-10-22)23-11-5-2-6-12-23/h1-14,21,27H,15-20H2,(H2,29,30,31,32,35). The van der Waals surface area contributed by atoms with Gasteiger partial charge in [0.05, 0.1) is 17.8 Å². The van der Waals surface area contributed by atoms with Gasteiger partial charge in [-0.2, -0.15) is 0 Å². The van der Waals surface area contributed by atoms with Crippen molar-refractivity contribution in [3.8, 4) is 5.75 Å². The van der Waals surface area contributed by atoms with E-state index in [0.717, 1.165) is 32.7 Å². The molecule has 3 aromatic carbocycles. The largest absolute Gasteiger partial charge is 0.491 e. The minimum atomic E-state index is -0.266. The van der Waals surface area contributed by atoms with Gasteiger partial charge in [-0.25, -0.2) is 5.10 Å². The Morgan fingerprint density at radius 3 is 2.17 bits per heavy atom. The van der Waals surface area contributed by atoms with Gasteiger partial charge in [-0.3, -0.25) is 14.6 Å². The molecular weight excluding hydrogens is 452 g/mol. The van der Waals surface area contributed by atoms with Crippen LogP contribution in [0.15, 0.2) is 91.1 Å². The fourth-order valence-electron chi connectivity index (χ4n) is 4.64. The summed E-state index contributed by atoms with van der Waals surface area (Å²) in [6.07, 6.45) is 1.46. The van der Waals surface area contributed by atoms with Gasteiger partial charge in [0.2, 0.25) is 0 Å². The second-order valence-electron chi connectivity index (χ2n) is 8.77. The number of para-hydroxylation sites is 1. The Morgan fingerprint density at radius 2 is 1.53 bits per heavy atom. The number of rotatable bonds is 9. The SMILES string of the molecule is O=C(Nc1cnn[nH]1)c1ccccc1OCCN1CCN(C(c2ccccc2)c2ccccc2)CC1. The molecule has 8 heteroatoms. The second-order valence-corrected chi connectivity index (χ2v) is 8.77. The first kappa shape index (κ1) is 23.7. The summed E-state index contributed by atoms with van der Waals surface area (Å²) in [5.41, 5.74) is 3.12. The van der Waals surface area contributed by atoms with Crippen LogP contribution in [0.5, 0.6) is 5.75 Å². The van der Waals surface area contributed by atoms with Gasteiger partial charge in [-0.15, -0.1) is 5.10 Å². The summed E-state index contributed by atoms with van der Waals surface area (Å²) in [5, 5.41) is 12.7. The van der Waals surface area contributed by atoms with Crippen molar-refractivity contribution in [1.29, 1.82) is 0 Å². The van der Waals surface area contributed by atoms with Crippen molar-refractivity contribution >= 4 is 11.7 Å². The molecule has 1 amide bonds. The molecule has 0 aliphatic carbocycles. The zero-order valence-electron chi connectivity index (χ0n) is 20.1. The second kappa shape index (κ2) is 11.6. The lowest BCUT2D eigenvalue weighted by molar-refractivity contribution is 0.0963. The number of nitrogens with one attached hydrogen (secondary N) is 2. The van der Waals surface area contributed by atoms with Gasteiger partial charge in [-0.05, 0) is 23.3 Å². The molecule has 0 bridgehead atoms. The molecule has 1 aromatic heterocycles.